The molecule has 1 aromatic rings. The predicted octanol–water partition coefficient (Wildman–Crippen LogP) is 2.26. The van der Waals surface area contributed by atoms with Crippen LogP contribution in [0.2, 0.25) is 0 Å². The van der Waals surface area contributed by atoms with E-state index in [1.165, 1.54) is 0 Å². The maximum Gasteiger partial charge on any atom is 0.121 e. The highest BCUT2D eigenvalue weighted by Crippen LogP contribution is 2.30. The van der Waals surface area contributed by atoms with Crippen LogP contribution in [0, 0.1) is 13.8 Å². The van der Waals surface area contributed by atoms with Gasteiger partial charge in [0.2, 0.25) is 0 Å². The molecule has 0 aromatic heterocycles. The minimum atomic E-state index is -0.0553. The van der Waals surface area contributed by atoms with Gasteiger partial charge in [-0.15, -0.1) is 0 Å². The van der Waals surface area contributed by atoms with E-state index in [-0.39, 0.29) is 12.4 Å². The van der Waals surface area contributed by atoms with Crippen LogP contribution in [0.15, 0.2) is 10.5 Å². The average Bonchev–Trinajstić information content (AvgIpc) is 2.01. The molecule has 2 N–H and O–H groups in total. The molecule has 66 valence electrons. The number of hydrogen-bond acceptors (Lipinski definition) is 2. The van der Waals surface area contributed by atoms with Gasteiger partial charge in [0.25, 0.3) is 0 Å². The first-order valence-corrected chi connectivity index (χ1v) is 4.45. The first kappa shape index (κ1) is 9.55. The molecule has 0 saturated heterocycles. The van der Waals surface area contributed by atoms with Gasteiger partial charge in [0, 0.05) is 4.47 Å². The number of halogens is 1. The van der Waals surface area contributed by atoms with E-state index < -0.39 is 0 Å². The van der Waals surface area contributed by atoms with E-state index in [0.29, 0.717) is 0 Å². The van der Waals surface area contributed by atoms with Crippen molar-refractivity contribution >= 4 is 15.9 Å². The van der Waals surface area contributed by atoms with E-state index >= 15 is 0 Å². The van der Waals surface area contributed by atoms with Crippen LogP contribution in [0.3, 0.4) is 0 Å². The van der Waals surface area contributed by atoms with Crippen molar-refractivity contribution < 1.29 is 10.2 Å². The van der Waals surface area contributed by atoms with E-state index in [1.54, 1.807) is 13.0 Å². The summed E-state index contributed by atoms with van der Waals surface area (Å²) < 4.78 is 0.845. The van der Waals surface area contributed by atoms with Crippen LogP contribution in [0.4, 0.5) is 0 Å². The SMILES string of the molecule is Cc1cc(Br)c(CO)c(C)c1O. The van der Waals surface area contributed by atoms with E-state index in [4.69, 9.17) is 5.11 Å². The van der Waals surface area contributed by atoms with Crippen molar-refractivity contribution in [3.05, 3.63) is 27.2 Å². The van der Waals surface area contributed by atoms with Gasteiger partial charge >= 0.3 is 0 Å². The Labute approximate surface area is 80.0 Å². The van der Waals surface area contributed by atoms with E-state index in [0.717, 1.165) is 21.2 Å². The van der Waals surface area contributed by atoms with Gasteiger partial charge in [0.05, 0.1) is 6.61 Å². The second kappa shape index (κ2) is 3.46. The van der Waals surface area contributed by atoms with Gasteiger partial charge in [0.1, 0.15) is 5.75 Å². The first-order chi connectivity index (χ1) is 5.57. The second-order valence-electron chi connectivity index (χ2n) is 2.79. The smallest absolute Gasteiger partial charge is 0.121 e. The molecule has 0 bridgehead atoms. The van der Waals surface area contributed by atoms with Crippen molar-refractivity contribution in [1.29, 1.82) is 0 Å². The Morgan fingerprint density at radius 2 is 2.00 bits per heavy atom. The van der Waals surface area contributed by atoms with Gasteiger partial charge < -0.3 is 10.2 Å². The minimum Gasteiger partial charge on any atom is -0.507 e. The van der Waals surface area contributed by atoms with Gasteiger partial charge in [-0.3, -0.25) is 0 Å². The molecule has 0 aliphatic carbocycles. The van der Waals surface area contributed by atoms with Gasteiger partial charge in [0.15, 0.2) is 0 Å². The lowest BCUT2D eigenvalue weighted by atomic mass is 10.0. The lowest BCUT2D eigenvalue weighted by Gasteiger charge is -2.09. The van der Waals surface area contributed by atoms with Crippen LogP contribution in [0.25, 0.3) is 0 Å². The summed E-state index contributed by atoms with van der Waals surface area (Å²) in [6.07, 6.45) is 0. The quantitative estimate of drug-likeness (QED) is 0.778. The molecular formula is C9H11BrO2. The number of rotatable bonds is 1. The molecule has 0 spiro atoms. The number of phenolic OH excluding ortho intramolecular Hbond substituents is 1. The minimum absolute atomic E-state index is 0.0553. The summed E-state index contributed by atoms with van der Waals surface area (Å²) >= 11 is 3.32. The normalized spacial score (nSPS) is 10.3. The topological polar surface area (TPSA) is 40.5 Å². The molecule has 0 atom stereocenters. The third kappa shape index (κ3) is 1.47. The molecule has 0 fully saturated rings. The van der Waals surface area contributed by atoms with Crippen LogP contribution >= 0.6 is 15.9 Å². The van der Waals surface area contributed by atoms with Gasteiger partial charge in [-0.1, -0.05) is 15.9 Å². The summed E-state index contributed by atoms with van der Waals surface area (Å²) in [6.45, 7) is 3.56. The standard InChI is InChI=1S/C9H11BrO2/c1-5-3-8(10)7(4-11)6(2)9(5)12/h3,11-12H,4H2,1-2H3. The summed E-state index contributed by atoms with van der Waals surface area (Å²) in [5, 5.41) is 18.5. The number of aliphatic hydroxyl groups excluding tert-OH is 1. The van der Waals surface area contributed by atoms with Gasteiger partial charge in [-0.25, -0.2) is 0 Å². The summed E-state index contributed by atoms with van der Waals surface area (Å²) in [7, 11) is 0. The molecule has 12 heavy (non-hydrogen) atoms. The monoisotopic (exact) mass is 230 g/mol. The van der Waals surface area contributed by atoms with E-state index in [9.17, 15) is 5.11 Å². The largest absolute Gasteiger partial charge is 0.507 e. The van der Waals surface area contributed by atoms with Crippen molar-refractivity contribution in [3.63, 3.8) is 0 Å². The zero-order valence-corrected chi connectivity index (χ0v) is 8.64. The molecule has 0 saturated carbocycles. The Kier molecular flexibility index (Phi) is 2.75. The van der Waals surface area contributed by atoms with Crippen LogP contribution < -0.4 is 0 Å². The summed E-state index contributed by atoms with van der Waals surface area (Å²) in [6, 6.07) is 1.80. The van der Waals surface area contributed by atoms with Crippen LogP contribution in [0.1, 0.15) is 16.7 Å². The average molecular weight is 231 g/mol. The fourth-order valence-electron chi connectivity index (χ4n) is 1.16. The van der Waals surface area contributed by atoms with Crippen LogP contribution in [-0.4, -0.2) is 10.2 Å². The molecule has 0 amide bonds. The number of aromatic hydroxyl groups is 1. The number of benzene rings is 1. The number of hydrogen-bond donors (Lipinski definition) is 2. The van der Waals surface area contributed by atoms with Gasteiger partial charge in [-0.2, -0.15) is 0 Å². The summed E-state index contributed by atoms with van der Waals surface area (Å²) in [5.41, 5.74) is 2.30. The van der Waals surface area contributed by atoms with Crippen molar-refractivity contribution in [2.45, 2.75) is 20.5 Å². The fourth-order valence-corrected chi connectivity index (χ4v) is 1.92. The first-order valence-electron chi connectivity index (χ1n) is 3.66. The van der Waals surface area contributed by atoms with Crippen LogP contribution in [0.5, 0.6) is 5.75 Å². The Hall–Kier alpha value is -0.540. The van der Waals surface area contributed by atoms with Gasteiger partial charge in [-0.05, 0) is 36.6 Å². The maximum absolute atomic E-state index is 9.51. The zero-order chi connectivity index (χ0) is 9.30. The maximum atomic E-state index is 9.51. The molecule has 1 aromatic carbocycles. The molecular weight excluding hydrogens is 220 g/mol. The summed E-state index contributed by atoms with van der Waals surface area (Å²) in [5.74, 6) is 0.266. The van der Waals surface area contributed by atoms with Crippen molar-refractivity contribution in [1.82, 2.24) is 0 Å². The number of aryl methyl sites for hydroxylation is 1. The Balaban J connectivity index is 3.40. The highest BCUT2D eigenvalue weighted by molar-refractivity contribution is 9.10. The van der Waals surface area contributed by atoms with E-state index in [1.807, 2.05) is 6.92 Å². The lowest BCUT2D eigenvalue weighted by Crippen LogP contribution is -1.92. The highest BCUT2D eigenvalue weighted by Gasteiger charge is 2.09. The van der Waals surface area contributed by atoms with E-state index in [2.05, 4.69) is 15.9 Å². The Bertz CT molecular complexity index is 308. The molecule has 0 heterocycles. The number of phenols is 1. The summed E-state index contributed by atoms with van der Waals surface area (Å²) in [4.78, 5) is 0. The molecule has 3 heteroatoms. The molecule has 0 radical (unpaired) electrons. The lowest BCUT2D eigenvalue weighted by molar-refractivity contribution is 0.279. The molecule has 2 nitrogen and oxygen atoms in total. The fraction of sp³-hybridized carbons (Fsp3) is 0.333. The van der Waals surface area contributed by atoms with Crippen molar-refractivity contribution in [3.8, 4) is 5.75 Å². The predicted molar refractivity (Wildman–Crippen MR) is 51.2 cm³/mol. The third-order valence-electron chi connectivity index (χ3n) is 1.97. The Morgan fingerprint density at radius 1 is 1.42 bits per heavy atom. The Morgan fingerprint density at radius 3 is 2.50 bits per heavy atom. The third-order valence-corrected chi connectivity index (χ3v) is 2.68. The molecule has 0 aliphatic heterocycles. The van der Waals surface area contributed by atoms with Crippen molar-refractivity contribution in [2.75, 3.05) is 0 Å². The zero-order valence-electron chi connectivity index (χ0n) is 7.06. The molecule has 0 aliphatic rings. The van der Waals surface area contributed by atoms with Crippen LogP contribution in [-0.2, 0) is 6.61 Å². The molecule has 0 unspecified atom stereocenters. The molecule has 1 rings (SSSR count). The second-order valence-corrected chi connectivity index (χ2v) is 3.64. The van der Waals surface area contributed by atoms with Crippen molar-refractivity contribution in [2.24, 2.45) is 0 Å². The number of aliphatic hydroxyl groups is 1. The highest BCUT2D eigenvalue weighted by atomic mass is 79.9.